The zero-order chi connectivity index (χ0) is 22.0. The molecule has 0 unspecified atom stereocenters. The van der Waals surface area contributed by atoms with Gasteiger partial charge in [0.1, 0.15) is 11.5 Å². The molecule has 2 aromatic rings. The molecule has 2 N–H and O–H groups in total. The highest BCUT2D eigenvalue weighted by Crippen LogP contribution is 2.47. The highest BCUT2D eigenvalue weighted by molar-refractivity contribution is 6.07. The summed E-state index contributed by atoms with van der Waals surface area (Å²) < 4.78 is 0. The van der Waals surface area contributed by atoms with Crippen LogP contribution in [0.3, 0.4) is 0 Å². The molecular weight excluding hydrogens is 380 g/mol. The molecule has 1 aliphatic carbocycles. The second-order valence-electron chi connectivity index (χ2n) is 7.16. The molecule has 6 nitrogen and oxygen atoms in total. The van der Waals surface area contributed by atoms with Gasteiger partial charge in [-0.2, -0.15) is 0 Å². The van der Waals surface area contributed by atoms with E-state index in [9.17, 15) is 20.4 Å². The normalized spacial score (nSPS) is 13.5. The van der Waals surface area contributed by atoms with E-state index in [0.29, 0.717) is 0 Å². The maximum absolute atomic E-state index is 12.8. The summed E-state index contributed by atoms with van der Waals surface area (Å²) in [5.41, 5.74) is 2.03. The van der Waals surface area contributed by atoms with Crippen molar-refractivity contribution in [1.82, 2.24) is 0 Å². The molecule has 0 bridgehead atoms. The number of allylic oxidation sites excluding steroid dienone is 2. The quantitative estimate of drug-likeness (QED) is 0.698. The summed E-state index contributed by atoms with van der Waals surface area (Å²) >= 11 is 0. The van der Waals surface area contributed by atoms with E-state index in [-0.39, 0.29) is 33.8 Å². The van der Waals surface area contributed by atoms with E-state index in [0.717, 1.165) is 37.6 Å². The van der Waals surface area contributed by atoms with Crippen molar-refractivity contribution < 1.29 is 20.4 Å². The molecule has 0 radical (unpaired) electrons. The highest BCUT2D eigenvalue weighted by atomic mass is 16.3. The van der Waals surface area contributed by atoms with E-state index in [1.165, 1.54) is 0 Å². The Morgan fingerprint density at radius 1 is 0.633 bits per heavy atom. The third kappa shape index (κ3) is 3.54. The number of anilines is 2. The van der Waals surface area contributed by atoms with Gasteiger partial charge >= 0.3 is 0 Å². The van der Waals surface area contributed by atoms with E-state index >= 15 is 0 Å². The fraction of sp³-hybridized carbons (Fsp3) is 0.333. The third-order valence-electron chi connectivity index (χ3n) is 5.67. The Morgan fingerprint density at radius 2 is 0.967 bits per heavy atom. The minimum atomic E-state index is -0.461. The first-order valence-corrected chi connectivity index (χ1v) is 10.4. The van der Waals surface area contributed by atoms with E-state index in [2.05, 4.69) is 9.80 Å². The van der Waals surface area contributed by atoms with Gasteiger partial charge in [0, 0.05) is 60.8 Å². The minimum Gasteiger partial charge on any atom is -0.872 e. The molecule has 2 aromatic carbocycles. The number of rotatable bonds is 8. The van der Waals surface area contributed by atoms with Crippen molar-refractivity contribution in [2.45, 2.75) is 27.7 Å². The predicted molar refractivity (Wildman–Crippen MR) is 117 cm³/mol. The van der Waals surface area contributed by atoms with Crippen LogP contribution in [0.5, 0.6) is 11.5 Å². The zero-order valence-corrected chi connectivity index (χ0v) is 17.9. The van der Waals surface area contributed by atoms with Crippen LogP contribution in [0, 0.1) is 0 Å². The molecule has 30 heavy (non-hydrogen) atoms. The van der Waals surface area contributed by atoms with Gasteiger partial charge in [0.15, 0.2) is 0 Å². The average Bonchev–Trinajstić information content (AvgIpc) is 2.73. The smallest absolute Gasteiger partial charge is 0.125 e. The van der Waals surface area contributed by atoms with Gasteiger partial charge in [-0.1, -0.05) is 11.5 Å². The Balaban J connectivity index is 1.93. The summed E-state index contributed by atoms with van der Waals surface area (Å²) in [6.07, 6.45) is 0. The van der Waals surface area contributed by atoms with Crippen molar-refractivity contribution in [3.05, 3.63) is 59.0 Å². The van der Waals surface area contributed by atoms with Crippen LogP contribution in [-0.2, 0) is 0 Å². The Kier molecular flexibility index (Phi) is 6.15. The Hall–Kier alpha value is -3.28. The predicted octanol–water partition coefficient (Wildman–Crippen LogP) is 2.65. The van der Waals surface area contributed by atoms with Crippen molar-refractivity contribution in [2.75, 3.05) is 36.0 Å². The number of nitrogens with zero attached hydrogens (tertiary/aromatic N) is 2. The van der Waals surface area contributed by atoms with E-state index in [1.54, 1.807) is 36.4 Å². The monoisotopic (exact) mass is 408 g/mol. The van der Waals surface area contributed by atoms with Gasteiger partial charge in [0.05, 0.1) is 0 Å². The maximum atomic E-state index is 12.8. The molecule has 0 aliphatic heterocycles. The molecule has 0 saturated carbocycles. The van der Waals surface area contributed by atoms with Crippen LogP contribution in [0.2, 0.25) is 0 Å². The molecule has 6 heteroatoms. The largest absolute Gasteiger partial charge is 0.872 e. The first-order chi connectivity index (χ1) is 14.4. The van der Waals surface area contributed by atoms with Crippen LogP contribution < -0.4 is 20.0 Å². The molecule has 0 atom stereocenters. The molecule has 0 heterocycles. The van der Waals surface area contributed by atoms with Gasteiger partial charge in [0.25, 0.3) is 0 Å². The lowest BCUT2D eigenvalue weighted by Crippen LogP contribution is -2.27. The second-order valence-corrected chi connectivity index (χ2v) is 7.16. The van der Waals surface area contributed by atoms with Gasteiger partial charge < -0.3 is 30.2 Å². The molecule has 1 aliphatic rings. The first-order valence-electron chi connectivity index (χ1n) is 10.4. The van der Waals surface area contributed by atoms with Crippen LogP contribution in [0.1, 0.15) is 38.8 Å². The summed E-state index contributed by atoms with van der Waals surface area (Å²) in [5.74, 6) is -1.12. The van der Waals surface area contributed by atoms with E-state index in [4.69, 9.17) is 0 Å². The number of hydrogen-bond donors (Lipinski definition) is 2. The summed E-state index contributed by atoms with van der Waals surface area (Å²) in [6.45, 7) is 11.2. The minimum absolute atomic E-state index is 0.0409. The fourth-order valence-corrected chi connectivity index (χ4v) is 3.92. The standard InChI is InChI=1S/C24H30N2O4/c1-5-25(6-2)15-9-11-17(19(27)13-15)21-23(29)22(24(21)30)18-12-10-16(14-20(18)28)26(7-3)8-4/h9-14,27-30H,5-8H2,1-4H3/p-2. The average molecular weight is 408 g/mol. The fourth-order valence-electron chi connectivity index (χ4n) is 3.92. The Morgan fingerprint density at radius 3 is 1.23 bits per heavy atom. The molecule has 0 saturated heterocycles. The highest BCUT2D eigenvalue weighted by Gasteiger charge is 2.23. The van der Waals surface area contributed by atoms with Crippen LogP contribution in [0.4, 0.5) is 11.4 Å². The molecular formula is C24H28N2O4-2. The molecule has 3 rings (SSSR count). The summed E-state index contributed by atoms with van der Waals surface area (Å²) in [7, 11) is 0. The van der Waals surface area contributed by atoms with Crippen LogP contribution in [0.25, 0.3) is 11.1 Å². The molecule has 0 amide bonds. The number of phenols is 2. The van der Waals surface area contributed by atoms with Crippen LogP contribution >= 0.6 is 0 Å². The zero-order valence-electron chi connectivity index (χ0n) is 17.9. The Bertz CT molecular complexity index is 910. The molecule has 0 spiro atoms. The van der Waals surface area contributed by atoms with Crippen molar-refractivity contribution in [3.63, 3.8) is 0 Å². The van der Waals surface area contributed by atoms with Crippen LogP contribution in [0.15, 0.2) is 47.9 Å². The Labute approximate surface area is 177 Å². The summed E-state index contributed by atoms with van der Waals surface area (Å²) in [4.78, 5) is 4.12. The van der Waals surface area contributed by atoms with Gasteiger partial charge in [-0.25, -0.2) is 0 Å². The lowest BCUT2D eigenvalue weighted by atomic mass is 9.83. The number of benzene rings is 2. The van der Waals surface area contributed by atoms with Crippen molar-refractivity contribution in [3.8, 4) is 11.5 Å². The summed E-state index contributed by atoms with van der Waals surface area (Å²) in [5, 5.41) is 46.5. The van der Waals surface area contributed by atoms with Gasteiger partial charge in [-0.15, -0.1) is 0 Å². The second kappa shape index (κ2) is 8.61. The topological polar surface area (TPSA) is 93.1 Å². The number of phenolic OH excluding ortho intramolecular Hbond substituents is 2. The van der Waals surface area contributed by atoms with Crippen LogP contribution in [-0.4, -0.2) is 36.4 Å². The van der Waals surface area contributed by atoms with Gasteiger partial charge in [0.2, 0.25) is 0 Å². The van der Waals surface area contributed by atoms with E-state index < -0.39 is 11.5 Å². The third-order valence-corrected chi connectivity index (χ3v) is 5.67. The first kappa shape index (κ1) is 21.4. The molecule has 0 fully saturated rings. The van der Waals surface area contributed by atoms with Crippen molar-refractivity contribution in [1.29, 1.82) is 0 Å². The SMILES string of the molecule is CCN(CC)c1ccc(C2=C([O-])C(c3ccc(N(CC)CC)cc3O)=C2[O-])c(O)c1. The summed E-state index contributed by atoms with van der Waals surface area (Å²) in [6, 6.07) is 9.95. The molecule has 0 aromatic heterocycles. The van der Waals surface area contributed by atoms with Crippen molar-refractivity contribution >= 4 is 22.5 Å². The maximum Gasteiger partial charge on any atom is 0.125 e. The lowest BCUT2D eigenvalue weighted by molar-refractivity contribution is -0.316. The lowest BCUT2D eigenvalue weighted by Gasteiger charge is -2.40. The van der Waals surface area contributed by atoms with Gasteiger partial charge in [-0.05, 0) is 63.1 Å². The number of aromatic hydroxyl groups is 2. The molecule has 160 valence electrons. The van der Waals surface area contributed by atoms with Crippen molar-refractivity contribution in [2.24, 2.45) is 0 Å². The number of hydrogen-bond acceptors (Lipinski definition) is 6. The van der Waals surface area contributed by atoms with E-state index in [1.807, 2.05) is 27.7 Å². The van der Waals surface area contributed by atoms with Gasteiger partial charge in [-0.3, -0.25) is 0 Å².